The standard InChI is InChI=1S/C16H20FN3OS/c17-12-3-4-14-15(10-12)22-16(18-14)20-5-1-2-13(11-20)19-6-8-21-9-7-19/h3-4,10,13H,1-2,5-9,11H2. The summed E-state index contributed by atoms with van der Waals surface area (Å²) in [5.41, 5.74) is 0.898. The summed E-state index contributed by atoms with van der Waals surface area (Å²) in [5.74, 6) is -0.187. The van der Waals surface area contributed by atoms with Gasteiger partial charge in [-0.2, -0.15) is 0 Å². The molecule has 3 heterocycles. The predicted molar refractivity (Wildman–Crippen MR) is 87.2 cm³/mol. The lowest BCUT2D eigenvalue weighted by Crippen LogP contribution is -2.51. The van der Waals surface area contributed by atoms with E-state index in [9.17, 15) is 4.39 Å². The van der Waals surface area contributed by atoms with Crippen molar-refractivity contribution in [1.29, 1.82) is 0 Å². The molecule has 2 fully saturated rings. The fourth-order valence-electron chi connectivity index (χ4n) is 3.39. The van der Waals surface area contributed by atoms with E-state index in [1.54, 1.807) is 23.5 Å². The molecule has 0 saturated carbocycles. The van der Waals surface area contributed by atoms with Gasteiger partial charge in [-0.15, -0.1) is 0 Å². The van der Waals surface area contributed by atoms with Gasteiger partial charge in [0.1, 0.15) is 5.82 Å². The number of piperidine rings is 1. The summed E-state index contributed by atoms with van der Waals surface area (Å²) in [5, 5.41) is 1.03. The van der Waals surface area contributed by atoms with Crippen LogP contribution >= 0.6 is 11.3 Å². The molecule has 4 rings (SSSR count). The zero-order valence-corrected chi connectivity index (χ0v) is 13.3. The van der Waals surface area contributed by atoms with Crippen LogP contribution in [0.1, 0.15) is 12.8 Å². The number of ether oxygens (including phenoxy) is 1. The number of morpholine rings is 1. The fraction of sp³-hybridized carbons (Fsp3) is 0.562. The maximum Gasteiger partial charge on any atom is 0.186 e. The lowest BCUT2D eigenvalue weighted by atomic mass is 10.0. The number of fused-ring (bicyclic) bond motifs is 1. The summed E-state index contributed by atoms with van der Waals surface area (Å²) in [4.78, 5) is 9.60. The highest BCUT2D eigenvalue weighted by Gasteiger charge is 2.27. The van der Waals surface area contributed by atoms with Gasteiger partial charge in [-0.05, 0) is 31.0 Å². The Hall–Kier alpha value is -1.24. The molecule has 22 heavy (non-hydrogen) atoms. The number of anilines is 1. The third-order valence-electron chi connectivity index (χ3n) is 4.57. The molecule has 118 valence electrons. The molecule has 0 radical (unpaired) electrons. The first kappa shape index (κ1) is 14.4. The van der Waals surface area contributed by atoms with Gasteiger partial charge in [-0.1, -0.05) is 11.3 Å². The highest BCUT2D eigenvalue weighted by molar-refractivity contribution is 7.22. The molecule has 1 unspecified atom stereocenters. The average molecular weight is 321 g/mol. The van der Waals surface area contributed by atoms with Crippen molar-refractivity contribution in [3.05, 3.63) is 24.0 Å². The number of hydrogen-bond donors (Lipinski definition) is 0. The molecule has 0 amide bonds. The molecule has 0 spiro atoms. The van der Waals surface area contributed by atoms with E-state index in [0.29, 0.717) is 6.04 Å². The highest BCUT2D eigenvalue weighted by Crippen LogP contribution is 2.31. The lowest BCUT2D eigenvalue weighted by molar-refractivity contribution is 0.0137. The van der Waals surface area contributed by atoms with Crippen molar-refractivity contribution in [1.82, 2.24) is 9.88 Å². The maximum atomic E-state index is 13.3. The third kappa shape index (κ3) is 2.83. The monoisotopic (exact) mass is 321 g/mol. The number of nitrogens with zero attached hydrogens (tertiary/aromatic N) is 3. The molecule has 4 nitrogen and oxygen atoms in total. The largest absolute Gasteiger partial charge is 0.379 e. The number of thiazole rings is 1. The van der Waals surface area contributed by atoms with Crippen LogP contribution in [0.5, 0.6) is 0 Å². The predicted octanol–water partition coefficient (Wildman–Crippen LogP) is 2.74. The van der Waals surface area contributed by atoms with Gasteiger partial charge in [-0.3, -0.25) is 4.90 Å². The fourth-order valence-corrected chi connectivity index (χ4v) is 4.42. The van der Waals surface area contributed by atoms with Crippen molar-refractivity contribution in [2.45, 2.75) is 18.9 Å². The van der Waals surface area contributed by atoms with Gasteiger partial charge in [0.05, 0.1) is 23.4 Å². The van der Waals surface area contributed by atoms with Crippen molar-refractivity contribution >= 4 is 26.7 Å². The van der Waals surface area contributed by atoms with Crippen LogP contribution in [0.2, 0.25) is 0 Å². The Morgan fingerprint density at radius 2 is 2.09 bits per heavy atom. The number of aromatic nitrogens is 1. The molecule has 0 aliphatic carbocycles. The van der Waals surface area contributed by atoms with E-state index in [1.165, 1.54) is 18.9 Å². The van der Waals surface area contributed by atoms with E-state index < -0.39 is 0 Å². The summed E-state index contributed by atoms with van der Waals surface area (Å²) in [6.07, 6.45) is 2.43. The van der Waals surface area contributed by atoms with Gasteiger partial charge in [0.25, 0.3) is 0 Å². The number of rotatable bonds is 2. The number of benzene rings is 1. The van der Waals surface area contributed by atoms with Gasteiger partial charge in [0.15, 0.2) is 5.13 Å². The Kier molecular flexibility index (Phi) is 3.98. The Balaban J connectivity index is 1.52. The van der Waals surface area contributed by atoms with Gasteiger partial charge < -0.3 is 9.64 Å². The molecule has 2 saturated heterocycles. The molecule has 6 heteroatoms. The second-order valence-corrected chi connectivity index (χ2v) is 7.01. The molecule has 2 aliphatic heterocycles. The van der Waals surface area contributed by atoms with E-state index in [-0.39, 0.29) is 5.82 Å². The molecule has 1 atom stereocenters. The number of hydrogen-bond acceptors (Lipinski definition) is 5. The van der Waals surface area contributed by atoms with Crippen LogP contribution in [-0.4, -0.2) is 55.3 Å². The van der Waals surface area contributed by atoms with Crippen LogP contribution in [-0.2, 0) is 4.74 Å². The Labute approximate surface area is 133 Å². The van der Waals surface area contributed by atoms with E-state index in [2.05, 4.69) is 9.80 Å². The summed E-state index contributed by atoms with van der Waals surface area (Å²) in [6.45, 7) is 5.81. The Morgan fingerprint density at radius 3 is 2.95 bits per heavy atom. The zero-order chi connectivity index (χ0) is 14.9. The third-order valence-corrected chi connectivity index (χ3v) is 5.65. The molecular formula is C16H20FN3OS. The van der Waals surface area contributed by atoms with Crippen LogP contribution < -0.4 is 4.90 Å². The van der Waals surface area contributed by atoms with Crippen molar-refractivity contribution in [3.63, 3.8) is 0 Å². The normalized spacial score (nSPS) is 24.0. The van der Waals surface area contributed by atoms with Gasteiger partial charge in [0.2, 0.25) is 0 Å². The molecular weight excluding hydrogens is 301 g/mol. The minimum atomic E-state index is -0.187. The van der Waals surface area contributed by atoms with Crippen LogP contribution in [0, 0.1) is 5.82 Å². The van der Waals surface area contributed by atoms with Gasteiger partial charge >= 0.3 is 0 Å². The van der Waals surface area contributed by atoms with Crippen molar-refractivity contribution in [2.24, 2.45) is 0 Å². The molecule has 1 aromatic carbocycles. The van der Waals surface area contributed by atoms with E-state index in [4.69, 9.17) is 9.72 Å². The van der Waals surface area contributed by atoms with Crippen molar-refractivity contribution in [3.8, 4) is 0 Å². The summed E-state index contributed by atoms with van der Waals surface area (Å²) < 4.78 is 19.7. The van der Waals surface area contributed by atoms with Crippen LogP contribution in [0.25, 0.3) is 10.2 Å². The SMILES string of the molecule is Fc1ccc2nc(N3CCCC(N4CCOCC4)C3)sc2c1. The quantitative estimate of drug-likeness (QED) is 0.850. The van der Waals surface area contributed by atoms with E-state index >= 15 is 0 Å². The smallest absolute Gasteiger partial charge is 0.186 e. The van der Waals surface area contributed by atoms with E-state index in [0.717, 1.165) is 54.7 Å². The van der Waals surface area contributed by atoms with Crippen molar-refractivity contribution in [2.75, 3.05) is 44.3 Å². The second kappa shape index (κ2) is 6.10. The Bertz CT molecular complexity index is 656. The minimum absolute atomic E-state index is 0.187. The van der Waals surface area contributed by atoms with E-state index in [1.807, 2.05) is 0 Å². The zero-order valence-electron chi connectivity index (χ0n) is 12.5. The highest BCUT2D eigenvalue weighted by atomic mass is 32.1. The molecule has 0 bridgehead atoms. The summed E-state index contributed by atoms with van der Waals surface area (Å²) in [6, 6.07) is 5.42. The molecule has 2 aliphatic rings. The lowest BCUT2D eigenvalue weighted by Gasteiger charge is -2.40. The Morgan fingerprint density at radius 1 is 1.23 bits per heavy atom. The van der Waals surface area contributed by atoms with Crippen LogP contribution in [0.3, 0.4) is 0 Å². The van der Waals surface area contributed by atoms with Gasteiger partial charge in [-0.25, -0.2) is 9.37 Å². The minimum Gasteiger partial charge on any atom is -0.379 e. The molecule has 2 aromatic rings. The summed E-state index contributed by atoms with van der Waals surface area (Å²) in [7, 11) is 0. The summed E-state index contributed by atoms with van der Waals surface area (Å²) >= 11 is 1.60. The van der Waals surface area contributed by atoms with Crippen LogP contribution in [0.15, 0.2) is 18.2 Å². The maximum absolute atomic E-state index is 13.3. The topological polar surface area (TPSA) is 28.6 Å². The molecule has 0 N–H and O–H groups in total. The van der Waals surface area contributed by atoms with Gasteiger partial charge in [0, 0.05) is 32.2 Å². The average Bonchev–Trinajstić information content (AvgIpc) is 2.99. The first-order valence-corrected chi connectivity index (χ1v) is 8.74. The molecule has 1 aromatic heterocycles. The first-order chi connectivity index (χ1) is 10.8. The number of halogens is 1. The second-order valence-electron chi connectivity index (χ2n) is 6.00. The van der Waals surface area contributed by atoms with Crippen molar-refractivity contribution < 1.29 is 9.13 Å². The first-order valence-electron chi connectivity index (χ1n) is 7.92. The van der Waals surface area contributed by atoms with Crippen LogP contribution in [0.4, 0.5) is 9.52 Å².